The molecule has 1 aromatic rings. The number of rotatable bonds is 8. The van der Waals surface area contributed by atoms with E-state index in [0.717, 1.165) is 42.7 Å². The molecular weight excluding hydrogens is 309 g/mol. The van der Waals surface area contributed by atoms with Crippen LogP contribution >= 0.6 is 0 Å². The molecule has 0 saturated heterocycles. The predicted molar refractivity (Wildman–Crippen MR) is 82.1 cm³/mol. The van der Waals surface area contributed by atoms with Crippen LogP contribution in [0.25, 0.3) is 0 Å². The molecule has 1 atom stereocenters. The van der Waals surface area contributed by atoms with Crippen LogP contribution < -0.4 is 10.9 Å². The van der Waals surface area contributed by atoms with Gasteiger partial charge in [-0.25, -0.2) is 0 Å². The molecule has 1 heterocycles. The minimum atomic E-state index is -4.72. The Morgan fingerprint density at radius 2 is 2.00 bits per heavy atom. The van der Waals surface area contributed by atoms with Gasteiger partial charge in [0.05, 0.1) is 0 Å². The molecule has 0 aliphatic heterocycles. The second-order valence-corrected chi connectivity index (χ2v) is 5.67. The maximum Gasteiger partial charge on any atom is 0.421 e. The Morgan fingerprint density at radius 3 is 2.61 bits per heavy atom. The van der Waals surface area contributed by atoms with Gasteiger partial charge in [0.15, 0.2) is 0 Å². The highest BCUT2D eigenvalue weighted by atomic mass is 19.4. The summed E-state index contributed by atoms with van der Waals surface area (Å²) in [7, 11) is 0. The maximum atomic E-state index is 12.7. The smallest absolute Gasteiger partial charge is 0.352 e. The lowest BCUT2D eigenvalue weighted by Crippen LogP contribution is -2.38. The van der Waals surface area contributed by atoms with Crippen LogP contribution in [-0.2, 0) is 17.5 Å². The Morgan fingerprint density at radius 1 is 1.30 bits per heavy atom. The van der Waals surface area contributed by atoms with E-state index < -0.39 is 29.8 Å². The first-order valence-corrected chi connectivity index (χ1v) is 7.81. The summed E-state index contributed by atoms with van der Waals surface area (Å²) >= 11 is 0. The molecule has 0 aliphatic rings. The van der Waals surface area contributed by atoms with E-state index in [0.29, 0.717) is 6.07 Å². The molecule has 0 bridgehead atoms. The van der Waals surface area contributed by atoms with Crippen LogP contribution in [0.1, 0.15) is 51.5 Å². The fourth-order valence-corrected chi connectivity index (χ4v) is 2.30. The zero-order chi connectivity index (χ0) is 17.5. The number of carbonyl (C=O) groups is 1. The Balaban J connectivity index is 2.60. The number of nitrogens with zero attached hydrogens (tertiary/aromatic N) is 1. The van der Waals surface area contributed by atoms with Gasteiger partial charge in [-0.15, -0.1) is 0 Å². The predicted octanol–water partition coefficient (Wildman–Crippen LogP) is 3.34. The molecule has 0 radical (unpaired) electrons. The molecule has 1 amide bonds. The zero-order valence-electron chi connectivity index (χ0n) is 13.4. The van der Waals surface area contributed by atoms with Crippen molar-refractivity contribution in [2.24, 2.45) is 0 Å². The van der Waals surface area contributed by atoms with Gasteiger partial charge in [0.25, 0.3) is 5.56 Å². The SMILES string of the molecule is CCCCCC[C@@H](C)NC(=O)Cn1cccc(C(F)(F)F)c1=O. The third-order valence-corrected chi connectivity index (χ3v) is 3.54. The van der Waals surface area contributed by atoms with Gasteiger partial charge in [0.2, 0.25) is 5.91 Å². The summed E-state index contributed by atoms with van der Waals surface area (Å²) in [5.74, 6) is -0.464. The Kier molecular flexibility index (Phi) is 7.32. The number of aromatic nitrogens is 1. The van der Waals surface area contributed by atoms with E-state index in [4.69, 9.17) is 0 Å². The number of alkyl halides is 3. The Labute approximate surface area is 133 Å². The first-order valence-electron chi connectivity index (χ1n) is 7.81. The highest BCUT2D eigenvalue weighted by molar-refractivity contribution is 5.76. The number of amides is 1. The summed E-state index contributed by atoms with van der Waals surface area (Å²) in [4.78, 5) is 23.6. The van der Waals surface area contributed by atoms with E-state index in [1.54, 1.807) is 0 Å². The number of halogens is 3. The monoisotopic (exact) mass is 332 g/mol. The van der Waals surface area contributed by atoms with Gasteiger partial charge in [-0.2, -0.15) is 13.2 Å². The molecule has 0 aromatic carbocycles. The maximum absolute atomic E-state index is 12.7. The third-order valence-electron chi connectivity index (χ3n) is 3.54. The number of nitrogens with one attached hydrogen (secondary N) is 1. The summed E-state index contributed by atoms with van der Waals surface area (Å²) < 4.78 is 38.8. The van der Waals surface area contributed by atoms with Crippen LogP contribution in [0.4, 0.5) is 13.2 Å². The van der Waals surface area contributed by atoms with Crippen LogP contribution in [0.5, 0.6) is 0 Å². The van der Waals surface area contributed by atoms with Gasteiger partial charge in [0.1, 0.15) is 12.1 Å². The molecule has 0 unspecified atom stereocenters. The Hall–Kier alpha value is -1.79. The van der Waals surface area contributed by atoms with Crippen molar-refractivity contribution in [1.82, 2.24) is 9.88 Å². The van der Waals surface area contributed by atoms with Crippen molar-refractivity contribution in [1.29, 1.82) is 0 Å². The first kappa shape index (κ1) is 19.3. The highest BCUT2D eigenvalue weighted by Crippen LogP contribution is 2.25. The minimum Gasteiger partial charge on any atom is -0.352 e. The van der Waals surface area contributed by atoms with E-state index in [2.05, 4.69) is 12.2 Å². The molecule has 1 rings (SSSR count). The van der Waals surface area contributed by atoms with Crippen LogP contribution in [0, 0.1) is 0 Å². The standard InChI is InChI=1S/C16H23F3N2O2/c1-3-4-5-6-8-12(2)20-14(22)11-21-10-7-9-13(15(21)23)16(17,18)19/h7,9-10,12H,3-6,8,11H2,1-2H3,(H,20,22)/t12-/m1/s1. The van der Waals surface area contributed by atoms with Crippen molar-refractivity contribution >= 4 is 5.91 Å². The van der Waals surface area contributed by atoms with Gasteiger partial charge in [-0.3, -0.25) is 9.59 Å². The lowest BCUT2D eigenvalue weighted by atomic mass is 10.1. The van der Waals surface area contributed by atoms with Crippen LogP contribution in [0.2, 0.25) is 0 Å². The number of carbonyl (C=O) groups excluding carboxylic acids is 1. The van der Waals surface area contributed by atoms with Crippen molar-refractivity contribution < 1.29 is 18.0 Å². The van der Waals surface area contributed by atoms with E-state index >= 15 is 0 Å². The summed E-state index contributed by atoms with van der Waals surface area (Å²) in [6, 6.07) is 1.76. The fourth-order valence-electron chi connectivity index (χ4n) is 2.30. The molecule has 7 heteroatoms. The van der Waals surface area contributed by atoms with Crippen molar-refractivity contribution in [3.8, 4) is 0 Å². The fraction of sp³-hybridized carbons (Fsp3) is 0.625. The summed E-state index contributed by atoms with van der Waals surface area (Å²) in [6.07, 6.45) is 1.61. The van der Waals surface area contributed by atoms with Crippen LogP contribution in [0.3, 0.4) is 0 Å². The molecule has 23 heavy (non-hydrogen) atoms. The molecule has 0 aliphatic carbocycles. The van der Waals surface area contributed by atoms with Crippen molar-refractivity contribution in [3.05, 3.63) is 34.2 Å². The lowest BCUT2D eigenvalue weighted by Gasteiger charge is -2.15. The molecule has 0 fully saturated rings. The van der Waals surface area contributed by atoms with Crippen LogP contribution in [0.15, 0.2) is 23.1 Å². The number of hydrogen-bond acceptors (Lipinski definition) is 2. The lowest BCUT2D eigenvalue weighted by molar-refractivity contribution is -0.139. The third kappa shape index (κ3) is 6.46. The van der Waals surface area contributed by atoms with Crippen molar-refractivity contribution in [2.45, 2.75) is 64.7 Å². The average molecular weight is 332 g/mol. The van der Waals surface area contributed by atoms with Gasteiger partial charge in [-0.05, 0) is 25.5 Å². The molecule has 1 aromatic heterocycles. The van der Waals surface area contributed by atoms with Crippen molar-refractivity contribution in [3.63, 3.8) is 0 Å². The van der Waals surface area contributed by atoms with E-state index in [1.165, 1.54) is 6.20 Å². The van der Waals surface area contributed by atoms with Gasteiger partial charge >= 0.3 is 6.18 Å². The summed E-state index contributed by atoms with van der Waals surface area (Å²) in [6.45, 7) is 3.54. The first-order chi connectivity index (χ1) is 10.8. The molecular formula is C16H23F3N2O2. The minimum absolute atomic E-state index is 0.0687. The topological polar surface area (TPSA) is 51.1 Å². The second kappa shape index (κ2) is 8.74. The largest absolute Gasteiger partial charge is 0.421 e. The number of hydrogen-bond donors (Lipinski definition) is 1. The van der Waals surface area contributed by atoms with Gasteiger partial charge < -0.3 is 9.88 Å². The number of pyridine rings is 1. The van der Waals surface area contributed by atoms with E-state index in [1.807, 2.05) is 6.92 Å². The zero-order valence-corrected chi connectivity index (χ0v) is 13.4. The van der Waals surface area contributed by atoms with Crippen molar-refractivity contribution in [2.75, 3.05) is 0 Å². The van der Waals surface area contributed by atoms with Gasteiger partial charge in [-0.1, -0.05) is 32.6 Å². The molecule has 0 spiro atoms. The summed E-state index contributed by atoms with van der Waals surface area (Å²) in [5.41, 5.74) is -2.47. The van der Waals surface area contributed by atoms with Gasteiger partial charge in [0, 0.05) is 12.2 Å². The quantitative estimate of drug-likeness (QED) is 0.742. The molecule has 0 saturated carbocycles. The normalized spacial score (nSPS) is 12.9. The molecule has 1 N–H and O–H groups in total. The molecule has 4 nitrogen and oxygen atoms in total. The Bertz CT molecular complexity index is 567. The average Bonchev–Trinajstić information content (AvgIpc) is 2.44. The highest BCUT2D eigenvalue weighted by Gasteiger charge is 2.34. The molecule has 130 valence electrons. The number of unbranched alkanes of at least 4 members (excludes halogenated alkanes) is 3. The van der Waals surface area contributed by atoms with E-state index in [9.17, 15) is 22.8 Å². The van der Waals surface area contributed by atoms with Crippen LogP contribution in [-0.4, -0.2) is 16.5 Å². The van der Waals surface area contributed by atoms with E-state index in [-0.39, 0.29) is 6.04 Å². The second-order valence-electron chi connectivity index (χ2n) is 5.67. The summed E-state index contributed by atoms with van der Waals surface area (Å²) in [5, 5.41) is 2.71.